The second kappa shape index (κ2) is 11.8. The number of para-hydroxylation sites is 1. The monoisotopic (exact) mass is 650 g/mol. The van der Waals surface area contributed by atoms with Crippen LogP contribution < -0.4 is 0 Å². The summed E-state index contributed by atoms with van der Waals surface area (Å²) >= 11 is 0. The molecule has 0 N–H and O–H groups in total. The lowest BCUT2D eigenvalue weighted by atomic mass is 9.97. The molecule has 2 heterocycles. The van der Waals surface area contributed by atoms with Crippen LogP contribution in [0.15, 0.2) is 188 Å². The van der Waals surface area contributed by atoms with E-state index in [0.717, 1.165) is 5.69 Å². The summed E-state index contributed by atoms with van der Waals surface area (Å²) in [5.74, 6) is 0. The topological polar surface area (TPSA) is 9.86 Å². The van der Waals surface area contributed by atoms with Crippen molar-refractivity contribution in [3.8, 4) is 44.8 Å². The van der Waals surface area contributed by atoms with Gasteiger partial charge in [-0.1, -0.05) is 127 Å². The second-order valence-corrected chi connectivity index (χ2v) is 13.5. The van der Waals surface area contributed by atoms with E-state index in [1.165, 1.54) is 88.2 Å². The van der Waals surface area contributed by atoms with Crippen LogP contribution in [-0.4, -0.2) is 9.13 Å². The van der Waals surface area contributed by atoms with Crippen LogP contribution in [0.4, 0.5) is 0 Å². The zero-order chi connectivity index (χ0) is 33.9. The Kier molecular flexibility index (Phi) is 6.75. The summed E-state index contributed by atoms with van der Waals surface area (Å²) in [7, 11) is 0. The maximum atomic E-state index is 2.43. The van der Waals surface area contributed by atoms with Crippen LogP contribution in [-0.2, 0) is 0 Å². The molecule has 0 radical (unpaired) electrons. The van der Waals surface area contributed by atoms with Gasteiger partial charge < -0.3 is 9.13 Å². The van der Waals surface area contributed by atoms with E-state index < -0.39 is 0 Å². The van der Waals surface area contributed by atoms with Crippen molar-refractivity contribution in [2.75, 3.05) is 0 Å². The molecule has 240 valence electrons. The van der Waals surface area contributed by atoms with Gasteiger partial charge in [-0.2, -0.15) is 0 Å². The lowest BCUT2D eigenvalue weighted by Crippen LogP contribution is -1.94. The van der Waals surface area contributed by atoms with Gasteiger partial charge in [0.15, 0.2) is 0 Å². The smallest absolute Gasteiger partial charge is 0.0547 e. The minimum Gasteiger partial charge on any atom is -0.309 e. The summed E-state index contributed by atoms with van der Waals surface area (Å²) in [5, 5.41) is 5.04. The van der Waals surface area contributed by atoms with Gasteiger partial charge in [-0.05, 0) is 107 Å². The van der Waals surface area contributed by atoms with Crippen molar-refractivity contribution in [3.05, 3.63) is 194 Å². The largest absolute Gasteiger partial charge is 0.309 e. The zero-order valence-corrected chi connectivity index (χ0v) is 28.3. The summed E-state index contributed by atoms with van der Waals surface area (Å²) in [6.45, 7) is 2.17. The molecule has 10 rings (SSSR count). The number of rotatable bonds is 5. The fourth-order valence-corrected chi connectivity index (χ4v) is 7.99. The van der Waals surface area contributed by atoms with Crippen molar-refractivity contribution in [1.82, 2.24) is 9.13 Å². The van der Waals surface area contributed by atoms with E-state index in [4.69, 9.17) is 0 Å². The van der Waals surface area contributed by atoms with E-state index in [0.29, 0.717) is 0 Å². The molecule has 2 aromatic heterocycles. The molecule has 0 fully saturated rings. The normalized spacial score (nSPS) is 11.6. The van der Waals surface area contributed by atoms with Gasteiger partial charge in [-0.3, -0.25) is 0 Å². The highest BCUT2D eigenvalue weighted by Gasteiger charge is 2.18. The summed E-state index contributed by atoms with van der Waals surface area (Å²) in [6, 6.07) is 68.5. The highest BCUT2D eigenvalue weighted by atomic mass is 15.0. The standard InChI is InChI=1S/C49H34N2/c1-33-20-27-42-43-31-37(23-28-45(43)51(48(42)30-33)39-16-9-4-10-17-39)38-24-29-46-44(32-38)49-41(36-14-7-3-8-15-36)18-11-19-47(49)50(46)40-25-21-35(22-26-40)34-12-5-2-6-13-34/h2-32H,1H3. The molecule has 0 amide bonds. The van der Waals surface area contributed by atoms with E-state index in [-0.39, 0.29) is 0 Å². The number of hydrogen-bond donors (Lipinski definition) is 0. The van der Waals surface area contributed by atoms with Crippen LogP contribution in [0.2, 0.25) is 0 Å². The molecule has 0 aliphatic heterocycles. The fourth-order valence-electron chi connectivity index (χ4n) is 7.99. The zero-order valence-electron chi connectivity index (χ0n) is 28.3. The molecule has 0 unspecified atom stereocenters. The highest BCUT2D eigenvalue weighted by Crippen LogP contribution is 2.41. The Balaban J connectivity index is 1.19. The maximum absolute atomic E-state index is 2.43. The fraction of sp³-hybridized carbons (Fsp3) is 0.0204. The van der Waals surface area contributed by atoms with Crippen molar-refractivity contribution in [3.63, 3.8) is 0 Å². The molecule has 2 heteroatoms. The maximum Gasteiger partial charge on any atom is 0.0547 e. The first-order valence-electron chi connectivity index (χ1n) is 17.6. The number of hydrogen-bond acceptors (Lipinski definition) is 0. The molecular weight excluding hydrogens is 617 g/mol. The molecule has 2 nitrogen and oxygen atoms in total. The van der Waals surface area contributed by atoms with Crippen molar-refractivity contribution in [1.29, 1.82) is 0 Å². The van der Waals surface area contributed by atoms with Crippen LogP contribution >= 0.6 is 0 Å². The average Bonchev–Trinajstić information content (AvgIpc) is 3.70. The van der Waals surface area contributed by atoms with Gasteiger partial charge in [0, 0.05) is 32.9 Å². The van der Waals surface area contributed by atoms with Gasteiger partial charge in [0.25, 0.3) is 0 Å². The minimum absolute atomic E-state index is 1.15. The molecule has 0 saturated heterocycles. The first-order valence-corrected chi connectivity index (χ1v) is 17.6. The molecule has 0 bridgehead atoms. The average molecular weight is 651 g/mol. The van der Waals surface area contributed by atoms with E-state index in [9.17, 15) is 0 Å². The highest BCUT2D eigenvalue weighted by molar-refractivity contribution is 6.17. The van der Waals surface area contributed by atoms with Gasteiger partial charge in [-0.25, -0.2) is 0 Å². The number of aromatic nitrogens is 2. The number of benzene rings is 8. The van der Waals surface area contributed by atoms with Crippen molar-refractivity contribution in [2.24, 2.45) is 0 Å². The molecule has 0 atom stereocenters. The van der Waals surface area contributed by atoms with Gasteiger partial charge in [0.05, 0.1) is 22.1 Å². The summed E-state index contributed by atoms with van der Waals surface area (Å²) in [5.41, 5.74) is 15.8. The summed E-state index contributed by atoms with van der Waals surface area (Å²) in [4.78, 5) is 0. The molecule has 10 aromatic rings. The van der Waals surface area contributed by atoms with Gasteiger partial charge in [0.2, 0.25) is 0 Å². The van der Waals surface area contributed by atoms with E-state index >= 15 is 0 Å². The lowest BCUT2D eigenvalue weighted by Gasteiger charge is -2.10. The van der Waals surface area contributed by atoms with E-state index in [1.807, 2.05) is 0 Å². The molecule has 51 heavy (non-hydrogen) atoms. The number of fused-ring (bicyclic) bond motifs is 6. The third-order valence-electron chi connectivity index (χ3n) is 10.4. The Labute approximate surface area is 297 Å². The first-order chi connectivity index (χ1) is 25.2. The molecule has 8 aromatic carbocycles. The Morgan fingerprint density at radius 3 is 1.57 bits per heavy atom. The van der Waals surface area contributed by atoms with Gasteiger partial charge >= 0.3 is 0 Å². The SMILES string of the molecule is Cc1ccc2c3cc(-c4ccc5c(c4)c4c(-c6ccccc6)cccc4n5-c4ccc(-c5ccccc5)cc4)ccc3n(-c3ccccc3)c2c1. The Hall–Kier alpha value is -6.64. The molecule has 0 saturated carbocycles. The van der Waals surface area contributed by atoms with Crippen LogP contribution in [0, 0.1) is 6.92 Å². The molecule has 0 spiro atoms. The van der Waals surface area contributed by atoms with E-state index in [2.05, 4.69) is 204 Å². The van der Waals surface area contributed by atoms with Gasteiger partial charge in [0.1, 0.15) is 0 Å². The third-order valence-corrected chi connectivity index (χ3v) is 10.4. The van der Waals surface area contributed by atoms with Gasteiger partial charge in [-0.15, -0.1) is 0 Å². The Bertz CT molecular complexity index is 2880. The summed E-state index contributed by atoms with van der Waals surface area (Å²) < 4.78 is 4.82. The van der Waals surface area contributed by atoms with Crippen LogP contribution in [0.1, 0.15) is 5.56 Å². The predicted octanol–water partition coefficient (Wildman–Crippen LogP) is 13.2. The Morgan fingerprint density at radius 1 is 0.314 bits per heavy atom. The quantitative estimate of drug-likeness (QED) is 0.175. The molecular formula is C49H34N2. The first kappa shape index (κ1) is 29.3. The van der Waals surface area contributed by atoms with Crippen LogP contribution in [0.3, 0.4) is 0 Å². The third kappa shape index (κ3) is 4.80. The van der Waals surface area contributed by atoms with E-state index in [1.54, 1.807) is 0 Å². The number of nitrogens with zero attached hydrogens (tertiary/aromatic N) is 2. The second-order valence-electron chi connectivity index (χ2n) is 13.5. The molecule has 0 aliphatic carbocycles. The predicted molar refractivity (Wildman–Crippen MR) is 216 cm³/mol. The van der Waals surface area contributed by atoms with Crippen molar-refractivity contribution >= 4 is 43.6 Å². The minimum atomic E-state index is 1.15. The van der Waals surface area contributed by atoms with Crippen molar-refractivity contribution in [2.45, 2.75) is 6.92 Å². The Morgan fingerprint density at radius 2 is 0.863 bits per heavy atom. The van der Waals surface area contributed by atoms with Crippen molar-refractivity contribution < 1.29 is 0 Å². The summed E-state index contributed by atoms with van der Waals surface area (Å²) in [6.07, 6.45) is 0. The number of aryl methyl sites for hydroxylation is 1. The van der Waals surface area contributed by atoms with Crippen LogP contribution in [0.25, 0.3) is 88.4 Å². The van der Waals surface area contributed by atoms with Crippen LogP contribution in [0.5, 0.6) is 0 Å². The lowest BCUT2D eigenvalue weighted by molar-refractivity contribution is 1.18. The molecule has 0 aliphatic rings.